The van der Waals surface area contributed by atoms with E-state index in [1.807, 2.05) is 27.7 Å². The first-order chi connectivity index (χ1) is 9.99. The van der Waals surface area contributed by atoms with E-state index in [9.17, 15) is 13.2 Å². The molecule has 0 saturated heterocycles. The lowest BCUT2D eigenvalue weighted by molar-refractivity contribution is -0.159. The molecule has 0 spiro atoms. The highest BCUT2D eigenvalue weighted by Gasteiger charge is 2.38. The summed E-state index contributed by atoms with van der Waals surface area (Å²) in [6, 6.07) is 0. The molecule has 3 nitrogen and oxygen atoms in total. The van der Waals surface area contributed by atoms with Crippen molar-refractivity contribution in [3.8, 4) is 0 Å². The molecule has 1 heterocycles. The lowest BCUT2D eigenvalue weighted by Gasteiger charge is -1.96. The van der Waals surface area contributed by atoms with Gasteiger partial charge >= 0.3 is 12.1 Å². The Hall–Kier alpha value is -1.85. The van der Waals surface area contributed by atoms with Crippen molar-refractivity contribution in [3.63, 3.8) is 0 Å². The Morgan fingerprint density at radius 3 is 2.00 bits per heavy atom. The van der Waals surface area contributed by atoms with Gasteiger partial charge in [0, 0.05) is 5.57 Å². The van der Waals surface area contributed by atoms with Crippen molar-refractivity contribution in [1.82, 2.24) is 10.1 Å². The lowest BCUT2D eigenvalue weighted by Crippen LogP contribution is -2.05. The SMILES string of the molecule is CC.CC.C\C=C/C=C(\C=C/C)c1noc(C(F)(F)F)n1. The van der Waals surface area contributed by atoms with E-state index in [-0.39, 0.29) is 5.82 Å². The molecule has 0 amide bonds. The predicted octanol–water partition coefficient (Wildman–Crippen LogP) is 5.68. The van der Waals surface area contributed by atoms with Crippen LogP contribution in [-0.4, -0.2) is 10.1 Å². The molecule has 0 bridgehead atoms. The van der Waals surface area contributed by atoms with E-state index >= 15 is 0 Å². The predicted molar refractivity (Wildman–Crippen MR) is 79.6 cm³/mol. The van der Waals surface area contributed by atoms with Gasteiger partial charge in [-0.2, -0.15) is 18.2 Å². The molecular weight excluding hydrogens is 281 g/mol. The summed E-state index contributed by atoms with van der Waals surface area (Å²) in [6.07, 6.45) is 3.69. The van der Waals surface area contributed by atoms with Crippen molar-refractivity contribution in [2.75, 3.05) is 0 Å². The van der Waals surface area contributed by atoms with E-state index in [4.69, 9.17) is 0 Å². The van der Waals surface area contributed by atoms with Gasteiger partial charge in [0.05, 0.1) is 0 Å². The van der Waals surface area contributed by atoms with Gasteiger partial charge < -0.3 is 4.52 Å². The van der Waals surface area contributed by atoms with Gasteiger partial charge in [0.1, 0.15) is 0 Å². The molecule has 0 atom stereocenters. The number of alkyl halides is 3. The summed E-state index contributed by atoms with van der Waals surface area (Å²) in [7, 11) is 0. The molecule has 0 aliphatic carbocycles. The summed E-state index contributed by atoms with van der Waals surface area (Å²) in [5.74, 6) is -1.43. The van der Waals surface area contributed by atoms with Gasteiger partial charge in [0.25, 0.3) is 0 Å². The molecule has 0 aliphatic heterocycles. The normalized spacial score (nSPS) is 12.0. The number of nitrogens with zero attached hydrogens (tertiary/aromatic N) is 2. The summed E-state index contributed by atoms with van der Waals surface area (Å²) in [4.78, 5) is 3.30. The van der Waals surface area contributed by atoms with E-state index in [1.165, 1.54) is 0 Å². The molecule has 0 unspecified atom stereocenters. The van der Waals surface area contributed by atoms with E-state index in [1.54, 1.807) is 44.2 Å². The van der Waals surface area contributed by atoms with Gasteiger partial charge in [-0.25, -0.2) is 0 Å². The molecule has 0 aromatic carbocycles. The van der Waals surface area contributed by atoms with Crippen LogP contribution in [0.2, 0.25) is 0 Å². The minimum atomic E-state index is -4.62. The largest absolute Gasteiger partial charge is 0.471 e. The van der Waals surface area contributed by atoms with E-state index in [2.05, 4.69) is 14.7 Å². The van der Waals surface area contributed by atoms with Crippen LogP contribution in [0.5, 0.6) is 0 Å². The van der Waals surface area contributed by atoms with Crippen molar-refractivity contribution in [1.29, 1.82) is 0 Å². The monoisotopic (exact) mass is 304 g/mol. The van der Waals surface area contributed by atoms with Gasteiger partial charge in [-0.1, -0.05) is 63.2 Å². The molecule has 120 valence electrons. The third-order valence-electron chi connectivity index (χ3n) is 1.74. The van der Waals surface area contributed by atoms with Crippen LogP contribution >= 0.6 is 0 Å². The number of hydrogen-bond acceptors (Lipinski definition) is 3. The fraction of sp³-hybridized carbons (Fsp3) is 0.467. The summed E-state index contributed by atoms with van der Waals surface area (Å²) >= 11 is 0. The van der Waals surface area contributed by atoms with Gasteiger partial charge in [0.2, 0.25) is 5.82 Å². The summed E-state index contributed by atoms with van der Waals surface area (Å²) < 4.78 is 40.9. The maximum atomic E-state index is 12.3. The summed E-state index contributed by atoms with van der Waals surface area (Å²) in [5.41, 5.74) is 0.449. The van der Waals surface area contributed by atoms with Crippen molar-refractivity contribution in [3.05, 3.63) is 42.1 Å². The fourth-order valence-corrected chi connectivity index (χ4v) is 1.04. The Morgan fingerprint density at radius 1 is 1.05 bits per heavy atom. The molecule has 0 saturated carbocycles. The van der Waals surface area contributed by atoms with E-state index in [0.717, 1.165) is 0 Å². The Morgan fingerprint density at radius 2 is 1.62 bits per heavy atom. The van der Waals surface area contributed by atoms with Crippen LogP contribution < -0.4 is 0 Å². The first-order valence-electron chi connectivity index (χ1n) is 6.86. The lowest BCUT2D eigenvalue weighted by atomic mass is 10.2. The molecule has 0 radical (unpaired) electrons. The van der Waals surface area contributed by atoms with Crippen LogP contribution in [0.25, 0.3) is 5.57 Å². The van der Waals surface area contributed by atoms with Gasteiger partial charge in [-0.05, 0) is 13.8 Å². The summed E-state index contributed by atoms with van der Waals surface area (Å²) in [5, 5.41) is 3.29. The number of aromatic nitrogens is 2. The van der Waals surface area contributed by atoms with Crippen LogP contribution in [0, 0.1) is 0 Å². The summed E-state index contributed by atoms with van der Waals surface area (Å²) in [6.45, 7) is 11.5. The van der Waals surface area contributed by atoms with E-state index in [0.29, 0.717) is 5.57 Å². The Labute approximate surface area is 124 Å². The van der Waals surface area contributed by atoms with Crippen LogP contribution in [-0.2, 0) is 6.18 Å². The molecular formula is C15H23F3N2O. The number of halogens is 3. The fourth-order valence-electron chi connectivity index (χ4n) is 1.04. The second-order valence-electron chi connectivity index (χ2n) is 3.07. The van der Waals surface area contributed by atoms with Crippen molar-refractivity contribution in [2.45, 2.75) is 47.7 Å². The Bertz CT molecular complexity index is 458. The average Bonchev–Trinajstić information content (AvgIpc) is 2.97. The molecule has 1 aromatic rings. The van der Waals surface area contributed by atoms with Gasteiger partial charge in [-0.3, -0.25) is 0 Å². The van der Waals surface area contributed by atoms with Crippen LogP contribution in [0.15, 0.2) is 34.9 Å². The zero-order valence-electron chi connectivity index (χ0n) is 13.3. The standard InChI is InChI=1S/C11H11F3N2O.2C2H6/c1-3-5-7-8(6-4-2)9-15-10(17-16-9)11(12,13)14;2*1-2/h3-7H,1-2H3;2*1-2H3/b5-3-,6-4-,8-7+;;. The molecule has 1 aromatic heterocycles. The minimum absolute atomic E-state index is 0.0893. The molecule has 0 N–H and O–H groups in total. The highest BCUT2D eigenvalue weighted by atomic mass is 19.4. The molecule has 0 aliphatic rings. The second kappa shape index (κ2) is 11.9. The molecule has 1 rings (SSSR count). The number of hydrogen-bond donors (Lipinski definition) is 0. The van der Waals surface area contributed by atoms with Gasteiger partial charge in [0.15, 0.2) is 0 Å². The third kappa shape index (κ3) is 8.12. The number of rotatable bonds is 3. The molecule has 6 heteroatoms. The smallest absolute Gasteiger partial charge is 0.329 e. The molecule has 21 heavy (non-hydrogen) atoms. The van der Waals surface area contributed by atoms with Crippen LogP contribution in [0.4, 0.5) is 13.2 Å². The zero-order chi connectivity index (χ0) is 16.9. The first kappa shape index (κ1) is 21.4. The second-order valence-corrected chi connectivity index (χ2v) is 3.07. The average molecular weight is 304 g/mol. The number of allylic oxidation sites excluding steroid dienone is 6. The zero-order valence-corrected chi connectivity index (χ0v) is 13.3. The van der Waals surface area contributed by atoms with Crippen LogP contribution in [0.3, 0.4) is 0 Å². The molecule has 0 fully saturated rings. The first-order valence-corrected chi connectivity index (χ1v) is 6.86. The maximum Gasteiger partial charge on any atom is 0.471 e. The quantitative estimate of drug-likeness (QED) is 0.675. The topological polar surface area (TPSA) is 38.9 Å². The van der Waals surface area contributed by atoms with Crippen LogP contribution in [0.1, 0.15) is 53.3 Å². The minimum Gasteiger partial charge on any atom is -0.329 e. The van der Waals surface area contributed by atoms with E-state index < -0.39 is 12.1 Å². The van der Waals surface area contributed by atoms with Gasteiger partial charge in [-0.15, -0.1) is 0 Å². The van der Waals surface area contributed by atoms with Crippen molar-refractivity contribution >= 4 is 5.57 Å². The third-order valence-corrected chi connectivity index (χ3v) is 1.74. The Kier molecular flexibility index (Phi) is 12.2. The van der Waals surface area contributed by atoms with Crippen molar-refractivity contribution in [2.24, 2.45) is 0 Å². The highest BCUT2D eigenvalue weighted by Crippen LogP contribution is 2.28. The Balaban J connectivity index is 0. The maximum absolute atomic E-state index is 12.3. The highest BCUT2D eigenvalue weighted by molar-refractivity contribution is 5.70. The van der Waals surface area contributed by atoms with Crippen molar-refractivity contribution < 1.29 is 17.7 Å².